The minimum atomic E-state index is -0.0497. The van der Waals surface area contributed by atoms with Gasteiger partial charge in [0.25, 0.3) is 0 Å². The lowest BCUT2D eigenvalue weighted by atomic mass is 10.2. The molecule has 0 radical (unpaired) electrons. The lowest BCUT2D eigenvalue weighted by Gasteiger charge is -2.11. The molecule has 5 nitrogen and oxygen atoms in total. The summed E-state index contributed by atoms with van der Waals surface area (Å²) in [5, 5.41) is 2.82. The van der Waals surface area contributed by atoms with Crippen LogP contribution in [0, 0.1) is 0 Å². The number of rotatable bonds is 5. The largest absolute Gasteiger partial charge is 0.397 e. The number of para-hydroxylation sites is 2. The van der Waals surface area contributed by atoms with Crippen LogP contribution in [0.5, 0.6) is 0 Å². The molecule has 0 aliphatic heterocycles. The normalized spacial score (nSPS) is 9.77. The molecule has 0 fully saturated rings. The maximum atomic E-state index is 11.9. The highest BCUT2D eigenvalue weighted by Gasteiger charge is 2.09. The SMILES string of the molecule is CC(C)c1nccn1CCC(=O)Nc1ccccc1N.Cl.Cl. The van der Waals surface area contributed by atoms with Crippen LogP contribution >= 0.6 is 24.8 Å². The van der Waals surface area contributed by atoms with Gasteiger partial charge in [0.05, 0.1) is 11.4 Å². The number of nitrogens with one attached hydrogen (secondary N) is 1. The summed E-state index contributed by atoms with van der Waals surface area (Å²) in [5.74, 6) is 1.29. The summed E-state index contributed by atoms with van der Waals surface area (Å²) < 4.78 is 2.01. The average molecular weight is 345 g/mol. The van der Waals surface area contributed by atoms with Crippen molar-refractivity contribution in [2.24, 2.45) is 0 Å². The molecule has 0 spiro atoms. The second-order valence-corrected chi connectivity index (χ2v) is 5.02. The molecular formula is C15H22Cl2N4O. The lowest BCUT2D eigenvalue weighted by Crippen LogP contribution is -2.16. The highest BCUT2D eigenvalue weighted by Crippen LogP contribution is 2.17. The first-order valence-electron chi connectivity index (χ1n) is 6.73. The van der Waals surface area contributed by atoms with Gasteiger partial charge in [0.2, 0.25) is 5.91 Å². The number of nitrogen functional groups attached to an aromatic ring is 1. The number of carbonyl (C=O) groups is 1. The highest BCUT2D eigenvalue weighted by molar-refractivity contribution is 5.93. The number of aryl methyl sites for hydroxylation is 1. The van der Waals surface area contributed by atoms with Gasteiger partial charge in [-0.1, -0.05) is 26.0 Å². The van der Waals surface area contributed by atoms with E-state index in [0.29, 0.717) is 30.3 Å². The Morgan fingerprint density at radius 2 is 2.00 bits per heavy atom. The number of imidazole rings is 1. The van der Waals surface area contributed by atoms with E-state index >= 15 is 0 Å². The Hall–Kier alpha value is -1.72. The van der Waals surface area contributed by atoms with Crippen LogP contribution in [0.15, 0.2) is 36.7 Å². The molecule has 1 heterocycles. The zero-order chi connectivity index (χ0) is 14.5. The number of hydrogen-bond acceptors (Lipinski definition) is 3. The molecule has 3 N–H and O–H groups in total. The summed E-state index contributed by atoms with van der Waals surface area (Å²) in [6.45, 7) is 4.79. The van der Waals surface area contributed by atoms with Crippen LogP contribution in [0.25, 0.3) is 0 Å². The van der Waals surface area contributed by atoms with E-state index in [9.17, 15) is 4.79 Å². The molecule has 0 atom stereocenters. The topological polar surface area (TPSA) is 72.9 Å². The molecule has 122 valence electrons. The van der Waals surface area contributed by atoms with Crippen molar-refractivity contribution >= 4 is 42.1 Å². The third-order valence-electron chi connectivity index (χ3n) is 3.08. The molecule has 2 aromatic rings. The van der Waals surface area contributed by atoms with Crippen molar-refractivity contribution in [3.8, 4) is 0 Å². The number of amides is 1. The molecule has 22 heavy (non-hydrogen) atoms. The Morgan fingerprint density at radius 3 is 2.64 bits per heavy atom. The fourth-order valence-electron chi connectivity index (χ4n) is 2.06. The van der Waals surface area contributed by atoms with E-state index in [4.69, 9.17) is 5.73 Å². The molecule has 2 rings (SSSR count). The zero-order valence-corrected chi connectivity index (χ0v) is 14.3. The molecule has 1 aromatic heterocycles. The Morgan fingerprint density at radius 1 is 1.32 bits per heavy atom. The Labute approximate surface area is 143 Å². The van der Waals surface area contributed by atoms with Crippen molar-refractivity contribution < 1.29 is 4.79 Å². The second kappa shape index (κ2) is 9.33. The van der Waals surface area contributed by atoms with Crippen LogP contribution < -0.4 is 11.1 Å². The Kier molecular flexibility index (Phi) is 8.60. The van der Waals surface area contributed by atoms with E-state index in [1.54, 1.807) is 18.3 Å². The van der Waals surface area contributed by atoms with Crippen LogP contribution in [0.3, 0.4) is 0 Å². The molecule has 7 heteroatoms. The number of carbonyl (C=O) groups excluding carboxylic acids is 1. The predicted molar refractivity (Wildman–Crippen MR) is 94.9 cm³/mol. The molecule has 0 bridgehead atoms. The Bertz CT molecular complexity index is 599. The van der Waals surface area contributed by atoms with Crippen molar-refractivity contribution in [1.29, 1.82) is 0 Å². The number of benzene rings is 1. The van der Waals surface area contributed by atoms with E-state index in [1.807, 2.05) is 22.9 Å². The van der Waals surface area contributed by atoms with Gasteiger partial charge in [0.15, 0.2) is 0 Å². The number of nitrogens with two attached hydrogens (primary N) is 1. The van der Waals surface area contributed by atoms with Crippen LogP contribution in [0.2, 0.25) is 0 Å². The standard InChI is InChI=1S/C15H20N4O.2ClH/c1-11(2)15-17-8-10-19(15)9-7-14(20)18-13-6-4-3-5-12(13)16;;/h3-6,8,10-11H,7,9,16H2,1-2H3,(H,18,20);2*1H. The minimum absolute atomic E-state index is 0. The quantitative estimate of drug-likeness (QED) is 0.815. The smallest absolute Gasteiger partial charge is 0.226 e. The van der Waals surface area contributed by atoms with Gasteiger partial charge in [-0.3, -0.25) is 4.79 Å². The number of aromatic nitrogens is 2. The van der Waals surface area contributed by atoms with Gasteiger partial charge < -0.3 is 15.6 Å². The maximum absolute atomic E-state index is 11.9. The van der Waals surface area contributed by atoms with Crippen LogP contribution in [-0.4, -0.2) is 15.5 Å². The molecule has 0 saturated carbocycles. The summed E-state index contributed by atoms with van der Waals surface area (Å²) >= 11 is 0. The van der Waals surface area contributed by atoms with E-state index in [0.717, 1.165) is 5.82 Å². The molecule has 0 aliphatic rings. The third kappa shape index (κ3) is 5.24. The van der Waals surface area contributed by atoms with Gasteiger partial charge in [0.1, 0.15) is 5.82 Å². The highest BCUT2D eigenvalue weighted by atomic mass is 35.5. The van der Waals surface area contributed by atoms with Crippen molar-refractivity contribution in [2.75, 3.05) is 11.1 Å². The molecule has 0 aliphatic carbocycles. The summed E-state index contributed by atoms with van der Waals surface area (Å²) in [4.78, 5) is 16.2. The van der Waals surface area contributed by atoms with Crippen LogP contribution in [0.4, 0.5) is 11.4 Å². The molecule has 0 saturated heterocycles. The molecule has 1 amide bonds. The van der Waals surface area contributed by atoms with E-state index in [-0.39, 0.29) is 30.7 Å². The second-order valence-electron chi connectivity index (χ2n) is 5.02. The maximum Gasteiger partial charge on any atom is 0.226 e. The van der Waals surface area contributed by atoms with Gasteiger partial charge in [-0.25, -0.2) is 4.98 Å². The van der Waals surface area contributed by atoms with Crippen molar-refractivity contribution in [2.45, 2.75) is 32.7 Å². The number of nitrogens with zero attached hydrogens (tertiary/aromatic N) is 2. The van der Waals surface area contributed by atoms with Gasteiger partial charge in [-0.15, -0.1) is 24.8 Å². The zero-order valence-electron chi connectivity index (χ0n) is 12.7. The Balaban J connectivity index is 0.00000220. The fraction of sp³-hybridized carbons (Fsp3) is 0.333. The number of hydrogen-bond donors (Lipinski definition) is 2. The minimum Gasteiger partial charge on any atom is -0.397 e. The third-order valence-corrected chi connectivity index (χ3v) is 3.08. The molecule has 0 unspecified atom stereocenters. The van der Waals surface area contributed by atoms with Crippen molar-refractivity contribution in [3.05, 3.63) is 42.5 Å². The van der Waals surface area contributed by atoms with E-state index in [2.05, 4.69) is 24.1 Å². The molecule has 1 aromatic carbocycles. The first-order valence-corrected chi connectivity index (χ1v) is 6.73. The van der Waals surface area contributed by atoms with Crippen molar-refractivity contribution in [1.82, 2.24) is 9.55 Å². The summed E-state index contributed by atoms with van der Waals surface area (Å²) in [5.41, 5.74) is 7.03. The summed E-state index contributed by atoms with van der Waals surface area (Å²) in [6, 6.07) is 7.25. The summed E-state index contributed by atoms with van der Waals surface area (Å²) in [7, 11) is 0. The van der Waals surface area contributed by atoms with Gasteiger partial charge in [0, 0.05) is 31.3 Å². The summed E-state index contributed by atoms with van der Waals surface area (Å²) in [6.07, 6.45) is 4.06. The van der Waals surface area contributed by atoms with E-state index < -0.39 is 0 Å². The van der Waals surface area contributed by atoms with Gasteiger partial charge in [-0.05, 0) is 12.1 Å². The van der Waals surface area contributed by atoms with E-state index in [1.165, 1.54) is 0 Å². The predicted octanol–water partition coefficient (Wildman–Crippen LogP) is 3.46. The monoisotopic (exact) mass is 344 g/mol. The number of halogens is 2. The number of anilines is 2. The fourth-order valence-corrected chi connectivity index (χ4v) is 2.06. The van der Waals surface area contributed by atoms with Crippen LogP contribution in [-0.2, 0) is 11.3 Å². The van der Waals surface area contributed by atoms with Gasteiger partial charge >= 0.3 is 0 Å². The average Bonchev–Trinajstić information content (AvgIpc) is 2.88. The van der Waals surface area contributed by atoms with Gasteiger partial charge in [-0.2, -0.15) is 0 Å². The first kappa shape index (κ1) is 20.3. The molecular weight excluding hydrogens is 323 g/mol. The van der Waals surface area contributed by atoms with Crippen molar-refractivity contribution in [3.63, 3.8) is 0 Å². The van der Waals surface area contributed by atoms with Crippen LogP contribution in [0.1, 0.15) is 32.0 Å². The lowest BCUT2D eigenvalue weighted by molar-refractivity contribution is -0.116. The first-order chi connectivity index (χ1) is 9.58.